The van der Waals surface area contributed by atoms with Crippen molar-refractivity contribution in [2.24, 2.45) is 5.41 Å². The highest BCUT2D eigenvalue weighted by Gasteiger charge is 2.59. The number of aryl methyl sites for hydroxylation is 1. The summed E-state index contributed by atoms with van der Waals surface area (Å²) in [6.45, 7) is 3.64. The zero-order valence-corrected chi connectivity index (χ0v) is 17.8. The van der Waals surface area contributed by atoms with Crippen molar-refractivity contribution >= 4 is 23.7 Å². The molecule has 3 atom stereocenters. The number of thiazole rings is 1. The number of carboxylic acid groups (broad SMARTS) is 1. The van der Waals surface area contributed by atoms with Gasteiger partial charge >= 0.3 is 0 Å². The summed E-state index contributed by atoms with van der Waals surface area (Å²) in [4.78, 5) is 28.5. The molecule has 4 rings (SSSR count). The lowest BCUT2D eigenvalue weighted by atomic mass is 9.70. The van der Waals surface area contributed by atoms with Gasteiger partial charge in [-0.1, -0.05) is 0 Å². The normalized spacial score (nSPS) is 25.0. The van der Waals surface area contributed by atoms with Crippen LogP contribution in [-0.4, -0.2) is 72.5 Å². The van der Waals surface area contributed by atoms with Crippen molar-refractivity contribution in [2.75, 3.05) is 13.2 Å². The molecule has 2 aliphatic heterocycles. The molecule has 0 unspecified atom stereocenters. The minimum atomic E-state index is -0.497. The predicted molar refractivity (Wildman–Crippen MR) is 110 cm³/mol. The molecule has 10 nitrogen and oxygen atoms in total. The van der Waals surface area contributed by atoms with E-state index >= 15 is 0 Å². The maximum absolute atomic E-state index is 13.2. The van der Waals surface area contributed by atoms with Crippen LogP contribution in [0.2, 0.25) is 0 Å². The fourth-order valence-corrected chi connectivity index (χ4v) is 5.44. The monoisotopic (exact) mass is 436 g/mol. The Morgan fingerprint density at radius 1 is 1.47 bits per heavy atom. The van der Waals surface area contributed by atoms with Gasteiger partial charge in [0.25, 0.3) is 6.47 Å². The van der Waals surface area contributed by atoms with Crippen molar-refractivity contribution in [2.45, 2.75) is 57.8 Å². The fraction of sp³-hybridized carbons (Fsp3) is 0.632. The van der Waals surface area contributed by atoms with E-state index in [2.05, 4.69) is 36.9 Å². The molecule has 2 aromatic rings. The number of aromatic nitrogens is 4. The third-order valence-corrected chi connectivity index (χ3v) is 6.71. The first-order valence-corrected chi connectivity index (χ1v) is 11.0. The van der Waals surface area contributed by atoms with Gasteiger partial charge in [-0.3, -0.25) is 14.5 Å². The highest BCUT2D eigenvalue weighted by atomic mass is 32.1. The molecule has 2 saturated heterocycles. The number of carbonyl (C=O) groups excluding carboxylic acids is 1. The molecule has 3 N–H and O–H groups in total. The summed E-state index contributed by atoms with van der Waals surface area (Å²) in [5.41, 5.74) is 2.30. The van der Waals surface area contributed by atoms with Crippen molar-refractivity contribution in [3.8, 4) is 0 Å². The van der Waals surface area contributed by atoms with Gasteiger partial charge in [0.05, 0.1) is 29.8 Å². The summed E-state index contributed by atoms with van der Waals surface area (Å²) in [6.07, 6.45) is 5.35. The van der Waals surface area contributed by atoms with E-state index in [-0.39, 0.29) is 25.0 Å². The zero-order chi connectivity index (χ0) is 21.6. The van der Waals surface area contributed by atoms with Gasteiger partial charge in [0.15, 0.2) is 0 Å². The second-order valence-corrected chi connectivity index (χ2v) is 8.27. The molecule has 0 radical (unpaired) electrons. The smallest absolute Gasteiger partial charge is 0.290 e. The molecular formula is C19H28N6O4S. The van der Waals surface area contributed by atoms with E-state index < -0.39 is 5.41 Å². The molecule has 0 spiro atoms. The molecule has 2 aliphatic rings. The number of aliphatic hydroxyl groups is 1. The molecule has 1 amide bonds. The van der Waals surface area contributed by atoms with Crippen molar-refractivity contribution in [3.05, 3.63) is 28.7 Å². The Hall–Kier alpha value is -2.37. The summed E-state index contributed by atoms with van der Waals surface area (Å²) in [6, 6.07) is 0.528. The van der Waals surface area contributed by atoms with Gasteiger partial charge in [0.1, 0.15) is 12.2 Å². The topological polar surface area (TPSA) is 133 Å². The van der Waals surface area contributed by atoms with Gasteiger partial charge in [-0.15, -0.1) is 21.5 Å². The molecule has 0 aromatic carbocycles. The van der Waals surface area contributed by atoms with Crippen LogP contribution in [0.15, 0.2) is 17.2 Å². The Balaban J connectivity index is 0.000000806. The number of hydrogen-bond acceptors (Lipinski definition) is 8. The molecule has 0 saturated carbocycles. The highest BCUT2D eigenvalue weighted by molar-refractivity contribution is 7.07. The van der Waals surface area contributed by atoms with Crippen LogP contribution in [0.3, 0.4) is 0 Å². The summed E-state index contributed by atoms with van der Waals surface area (Å²) < 4.78 is 2.06. The van der Waals surface area contributed by atoms with Crippen LogP contribution in [0.1, 0.15) is 37.7 Å². The lowest BCUT2D eigenvalue weighted by Crippen LogP contribution is -2.51. The number of nitrogens with one attached hydrogen (secondary N) is 1. The molecule has 0 aliphatic carbocycles. The molecular weight excluding hydrogens is 408 g/mol. The SMILES string of the molecule is CCn1cnnc1CN1[C@@H]2CC[C@H]1[C@@](Cc1cscn1)(C(=O)NCCO)C2.O=CO. The van der Waals surface area contributed by atoms with Gasteiger partial charge in [-0.25, -0.2) is 4.98 Å². The summed E-state index contributed by atoms with van der Waals surface area (Å²) in [5, 5.41) is 29.4. The lowest BCUT2D eigenvalue weighted by molar-refractivity contribution is -0.133. The number of carbonyl (C=O) groups is 2. The van der Waals surface area contributed by atoms with E-state index in [0.717, 1.165) is 43.9 Å². The van der Waals surface area contributed by atoms with Crippen molar-refractivity contribution in [1.29, 1.82) is 0 Å². The average molecular weight is 437 g/mol. The minimum Gasteiger partial charge on any atom is -0.483 e. The molecule has 4 heterocycles. The van der Waals surface area contributed by atoms with Crippen molar-refractivity contribution in [3.63, 3.8) is 0 Å². The fourth-order valence-electron chi connectivity index (χ4n) is 4.88. The van der Waals surface area contributed by atoms with Gasteiger partial charge < -0.3 is 20.1 Å². The molecule has 2 aromatic heterocycles. The highest BCUT2D eigenvalue weighted by Crippen LogP contribution is 2.52. The van der Waals surface area contributed by atoms with E-state index in [1.54, 1.807) is 17.7 Å². The third kappa shape index (κ3) is 4.37. The Morgan fingerprint density at radius 2 is 2.27 bits per heavy atom. The number of nitrogens with zero attached hydrogens (tertiary/aromatic N) is 5. The Bertz CT molecular complexity index is 829. The minimum absolute atomic E-state index is 0.0405. The van der Waals surface area contributed by atoms with Gasteiger partial charge in [-0.2, -0.15) is 0 Å². The lowest BCUT2D eigenvalue weighted by Gasteiger charge is -2.36. The van der Waals surface area contributed by atoms with E-state index in [4.69, 9.17) is 15.0 Å². The second-order valence-electron chi connectivity index (χ2n) is 7.55. The maximum Gasteiger partial charge on any atom is 0.290 e. The van der Waals surface area contributed by atoms with Gasteiger partial charge in [0.2, 0.25) is 5.91 Å². The Kier molecular flexibility index (Phi) is 7.51. The van der Waals surface area contributed by atoms with E-state index in [9.17, 15) is 4.79 Å². The first kappa shape index (κ1) is 22.3. The van der Waals surface area contributed by atoms with Crippen LogP contribution >= 0.6 is 11.3 Å². The van der Waals surface area contributed by atoms with Crippen LogP contribution < -0.4 is 5.32 Å². The van der Waals surface area contributed by atoms with Crippen LogP contribution in [0.4, 0.5) is 0 Å². The van der Waals surface area contributed by atoms with E-state index in [0.29, 0.717) is 19.0 Å². The maximum atomic E-state index is 13.2. The standard InChI is InChI=1S/C18H26N6O2S.CH2O2/c1-2-23-11-21-22-16(23)9-24-14-3-4-15(24)18(8-14,17(26)19-5-6-25)7-13-10-27-12-20-13;2-1-3/h10-12,14-15,25H,2-9H2,1H3,(H,19,26);1H,(H,2,3)/t14-,15+,18+;/m1./s1. The molecule has 2 fully saturated rings. The van der Waals surface area contributed by atoms with Gasteiger partial charge in [-0.05, 0) is 26.2 Å². The van der Waals surface area contributed by atoms with E-state index in [1.807, 2.05) is 10.9 Å². The largest absolute Gasteiger partial charge is 0.483 e. The average Bonchev–Trinajstić information content (AvgIpc) is 3.53. The molecule has 30 heavy (non-hydrogen) atoms. The Morgan fingerprint density at radius 3 is 2.93 bits per heavy atom. The quantitative estimate of drug-likeness (QED) is 0.510. The van der Waals surface area contributed by atoms with Crippen LogP contribution in [0.25, 0.3) is 0 Å². The third-order valence-electron chi connectivity index (χ3n) is 6.07. The second kappa shape index (κ2) is 10.1. The molecule has 11 heteroatoms. The van der Waals surface area contributed by atoms with Crippen LogP contribution in [0.5, 0.6) is 0 Å². The number of fused-ring (bicyclic) bond motifs is 2. The zero-order valence-electron chi connectivity index (χ0n) is 17.0. The summed E-state index contributed by atoms with van der Waals surface area (Å²) in [7, 11) is 0. The number of amides is 1. The summed E-state index contributed by atoms with van der Waals surface area (Å²) in [5.74, 6) is 0.994. The van der Waals surface area contributed by atoms with Crippen molar-refractivity contribution in [1.82, 2.24) is 30.0 Å². The van der Waals surface area contributed by atoms with Gasteiger partial charge in [0, 0.05) is 37.0 Å². The Labute approximate surface area is 178 Å². The number of rotatable bonds is 8. The first-order chi connectivity index (χ1) is 14.6. The molecule has 164 valence electrons. The van der Waals surface area contributed by atoms with Crippen LogP contribution in [0, 0.1) is 5.41 Å². The predicted octanol–water partition coefficient (Wildman–Crippen LogP) is 0.530. The molecule has 2 bridgehead atoms. The van der Waals surface area contributed by atoms with Crippen LogP contribution in [-0.2, 0) is 29.1 Å². The van der Waals surface area contributed by atoms with E-state index in [1.165, 1.54) is 0 Å². The number of aliphatic hydroxyl groups excluding tert-OH is 1. The number of hydrogen-bond donors (Lipinski definition) is 3. The first-order valence-electron chi connectivity index (χ1n) is 10.1. The summed E-state index contributed by atoms with van der Waals surface area (Å²) >= 11 is 1.56. The van der Waals surface area contributed by atoms with Crippen molar-refractivity contribution < 1.29 is 19.8 Å².